The van der Waals surface area contributed by atoms with Gasteiger partial charge in [0.25, 0.3) is 0 Å². The van der Waals surface area contributed by atoms with E-state index in [0.29, 0.717) is 13.1 Å². The number of anilines is 3. The van der Waals surface area contributed by atoms with E-state index in [1.807, 2.05) is 17.2 Å². The van der Waals surface area contributed by atoms with Gasteiger partial charge in [-0.3, -0.25) is 4.79 Å². The van der Waals surface area contributed by atoms with Crippen LogP contribution in [-0.4, -0.2) is 61.0 Å². The molecule has 196 valence electrons. The number of hydrogen-bond donors (Lipinski definition) is 1. The van der Waals surface area contributed by atoms with Crippen molar-refractivity contribution in [2.45, 2.75) is 26.3 Å². The molecule has 5 aromatic rings. The SMILES string of the molecule is C=CC(=O)N1CCN(c2ccc3ncnc(Nc4ccc(Cc5ccn6ncnc6c5)c(C)c4)c3c2)[C@@H](C)C1. The van der Waals surface area contributed by atoms with Crippen molar-refractivity contribution in [3.05, 3.63) is 96.7 Å². The molecule has 4 heterocycles. The van der Waals surface area contributed by atoms with Crippen molar-refractivity contribution in [1.82, 2.24) is 29.5 Å². The zero-order valence-corrected chi connectivity index (χ0v) is 22.1. The zero-order valence-electron chi connectivity index (χ0n) is 22.1. The molecule has 0 unspecified atom stereocenters. The monoisotopic (exact) mass is 518 g/mol. The first-order chi connectivity index (χ1) is 19.0. The summed E-state index contributed by atoms with van der Waals surface area (Å²) in [4.78, 5) is 29.6. The van der Waals surface area contributed by atoms with Gasteiger partial charge in [0.1, 0.15) is 18.5 Å². The van der Waals surface area contributed by atoms with E-state index in [-0.39, 0.29) is 11.9 Å². The van der Waals surface area contributed by atoms with Crippen LogP contribution in [0.2, 0.25) is 0 Å². The third-order valence-electron chi connectivity index (χ3n) is 7.41. The molecular formula is C30H30N8O. The number of fused-ring (bicyclic) bond motifs is 2. The molecular weight excluding hydrogens is 488 g/mol. The fourth-order valence-electron chi connectivity index (χ4n) is 5.29. The summed E-state index contributed by atoms with van der Waals surface area (Å²) in [5, 5.41) is 8.64. The number of amides is 1. The smallest absolute Gasteiger partial charge is 0.246 e. The third kappa shape index (κ3) is 4.90. The van der Waals surface area contributed by atoms with Crippen LogP contribution in [0.3, 0.4) is 0 Å². The third-order valence-corrected chi connectivity index (χ3v) is 7.41. The highest BCUT2D eigenvalue weighted by molar-refractivity contribution is 5.93. The number of carbonyl (C=O) groups is 1. The Morgan fingerprint density at radius 2 is 1.97 bits per heavy atom. The largest absolute Gasteiger partial charge is 0.365 e. The van der Waals surface area contributed by atoms with E-state index < -0.39 is 0 Å². The summed E-state index contributed by atoms with van der Waals surface area (Å²) in [6, 6.07) is 17.0. The van der Waals surface area contributed by atoms with Gasteiger partial charge in [-0.15, -0.1) is 0 Å². The second-order valence-electron chi connectivity index (χ2n) is 10.00. The Labute approximate surface area is 226 Å². The maximum atomic E-state index is 12.1. The molecule has 1 N–H and O–H groups in total. The summed E-state index contributed by atoms with van der Waals surface area (Å²) < 4.78 is 1.77. The minimum Gasteiger partial charge on any atom is -0.365 e. The Hall–Kier alpha value is -4.79. The molecule has 1 atom stereocenters. The fraction of sp³-hybridized carbons (Fsp3) is 0.233. The number of nitrogens with zero attached hydrogens (tertiary/aromatic N) is 7. The van der Waals surface area contributed by atoms with E-state index in [0.717, 1.165) is 46.7 Å². The number of rotatable bonds is 6. The van der Waals surface area contributed by atoms with E-state index in [1.54, 1.807) is 17.2 Å². The van der Waals surface area contributed by atoms with Crippen LogP contribution in [0.4, 0.5) is 17.2 Å². The Morgan fingerprint density at radius 1 is 1.08 bits per heavy atom. The van der Waals surface area contributed by atoms with Gasteiger partial charge in [0, 0.05) is 48.6 Å². The lowest BCUT2D eigenvalue weighted by Crippen LogP contribution is -2.53. The first kappa shape index (κ1) is 24.5. The van der Waals surface area contributed by atoms with Crippen molar-refractivity contribution in [3.63, 3.8) is 0 Å². The molecule has 9 heteroatoms. The molecule has 0 radical (unpaired) electrons. The molecule has 2 aromatic carbocycles. The lowest BCUT2D eigenvalue weighted by molar-refractivity contribution is -0.126. The molecule has 0 aliphatic carbocycles. The standard InChI is InChI=1S/C30H30N8O/c1-4-29(39)36-11-12-37(21(3)17-36)25-7-8-27-26(16-25)30(33-18-31-27)35-24-6-5-23(20(2)13-24)14-22-9-10-38-28(15-22)32-19-34-38/h4-10,13,15-16,18-19,21H,1,11-12,14,17H2,2-3H3,(H,31,33,35)/t21-/m0/s1. The minimum absolute atomic E-state index is 0.0161. The van der Waals surface area contributed by atoms with E-state index in [1.165, 1.54) is 22.8 Å². The van der Waals surface area contributed by atoms with E-state index in [9.17, 15) is 4.79 Å². The van der Waals surface area contributed by atoms with Crippen LogP contribution in [-0.2, 0) is 11.2 Å². The quantitative estimate of drug-likeness (QED) is 0.330. The van der Waals surface area contributed by atoms with Gasteiger partial charge >= 0.3 is 0 Å². The molecule has 1 aliphatic heterocycles. The van der Waals surface area contributed by atoms with Crippen LogP contribution in [0, 0.1) is 6.92 Å². The average molecular weight is 519 g/mol. The van der Waals surface area contributed by atoms with Gasteiger partial charge < -0.3 is 15.1 Å². The number of pyridine rings is 1. The zero-order chi connectivity index (χ0) is 26.9. The Bertz CT molecular complexity index is 1690. The second kappa shape index (κ2) is 10.2. The van der Waals surface area contributed by atoms with Crippen LogP contribution in [0.25, 0.3) is 16.6 Å². The van der Waals surface area contributed by atoms with Crippen molar-refractivity contribution in [2.24, 2.45) is 0 Å². The Kier molecular flexibility index (Phi) is 6.40. The number of benzene rings is 2. The number of aryl methyl sites for hydroxylation is 1. The first-order valence-corrected chi connectivity index (χ1v) is 13.1. The van der Waals surface area contributed by atoms with Gasteiger partial charge in [-0.2, -0.15) is 5.10 Å². The predicted molar refractivity (Wildman–Crippen MR) is 153 cm³/mol. The van der Waals surface area contributed by atoms with Crippen LogP contribution >= 0.6 is 0 Å². The molecule has 39 heavy (non-hydrogen) atoms. The van der Waals surface area contributed by atoms with E-state index >= 15 is 0 Å². The number of nitrogens with one attached hydrogen (secondary N) is 1. The molecule has 1 fully saturated rings. The summed E-state index contributed by atoms with van der Waals surface area (Å²) in [6.07, 6.45) is 7.31. The summed E-state index contributed by atoms with van der Waals surface area (Å²) in [7, 11) is 0. The van der Waals surface area contributed by atoms with Gasteiger partial charge in [0.15, 0.2) is 5.65 Å². The van der Waals surface area contributed by atoms with Crippen LogP contribution in [0.5, 0.6) is 0 Å². The second-order valence-corrected chi connectivity index (χ2v) is 10.00. The number of piperazine rings is 1. The maximum absolute atomic E-state index is 12.1. The van der Waals surface area contributed by atoms with Gasteiger partial charge in [0.05, 0.1) is 5.52 Å². The molecule has 1 aliphatic rings. The molecule has 1 amide bonds. The van der Waals surface area contributed by atoms with Crippen LogP contribution < -0.4 is 10.2 Å². The lowest BCUT2D eigenvalue weighted by atomic mass is 10.0. The van der Waals surface area contributed by atoms with Gasteiger partial charge in [0.2, 0.25) is 5.91 Å². The maximum Gasteiger partial charge on any atom is 0.246 e. The molecule has 0 saturated carbocycles. The Balaban J connectivity index is 1.22. The van der Waals surface area contributed by atoms with Crippen molar-refractivity contribution in [3.8, 4) is 0 Å². The van der Waals surface area contributed by atoms with Gasteiger partial charge in [-0.05, 0) is 85.5 Å². The molecule has 6 rings (SSSR count). The van der Waals surface area contributed by atoms with Crippen molar-refractivity contribution >= 4 is 39.6 Å². The molecule has 9 nitrogen and oxygen atoms in total. The summed E-state index contributed by atoms with van der Waals surface area (Å²) in [5.74, 6) is 0.747. The summed E-state index contributed by atoms with van der Waals surface area (Å²) in [6.45, 7) is 9.98. The number of hydrogen-bond acceptors (Lipinski definition) is 7. The molecule has 0 bridgehead atoms. The molecule has 3 aromatic heterocycles. The molecule has 1 saturated heterocycles. The first-order valence-electron chi connectivity index (χ1n) is 13.1. The van der Waals surface area contributed by atoms with Crippen molar-refractivity contribution in [1.29, 1.82) is 0 Å². The Morgan fingerprint density at radius 3 is 2.79 bits per heavy atom. The lowest BCUT2D eigenvalue weighted by Gasteiger charge is -2.41. The highest BCUT2D eigenvalue weighted by Crippen LogP contribution is 2.30. The highest BCUT2D eigenvalue weighted by Gasteiger charge is 2.26. The van der Waals surface area contributed by atoms with Crippen LogP contribution in [0.15, 0.2) is 80.0 Å². The number of aromatic nitrogens is 5. The van der Waals surface area contributed by atoms with Crippen molar-refractivity contribution < 1.29 is 4.79 Å². The fourth-order valence-corrected chi connectivity index (χ4v) is 5.29. The van der Waals surface area contributed by atoms with E-state index in [4.69, 9.17) is 0 Å². The van der Waals surface area contributed by atoms with E-state index in [2.05, 4.69) is 93.2 Å². The summed E-state index contributed by atoms with van der Waals surface area (Å²) in [5.41, 5.74) is 7.43. The predicted octanol–water partition coefficient (Wildman–Crippen LogP) is 4.54. The average Bonchev–Trinajstić information content (AvgIpc) is 3.42. The summed E-state index contributed by atoms with van der Waals surface area (Å²) >= 11 is 0. The highest BCUT2D eigenvalue weighted by atomic mass is 16.2. The normalized spacial score (nSPS) is 15.6. The van der Waals surface area contributed by atoms with Gasteiger partial charge in [-0.1, -0.05) is 12.6 Å². The van der Waals surface area contributed by atoms with Crippen molar-refractivity contribution in [2.75, 3.05) is 29.9 Å². The minimum atomic E-state index is -0.0161. The van der Waals surface area contributed by atoms with Crippen LogP contribution in [0.1, 0.15) is 23.6 Å². The van der Waals surface area contributed by atoms with Gasteiger partial charge in [-0.25, -0.2) is 19.5 Å². The molecule has 0 spiro atoms. The topological polar surface area (TPSA) is 91.6 Å². The number of carbonyl (C=O) groups excluding carboxylic acids is 1.